The molecule has 1 heterocycles. The zero-order chi connectivity index (χ0) is 21.5. The van der Waals surface area contributed by atoms with E-state index >= 15 is 0 Å². The molecule has 2 aromatic rings. The summed E-state index contributed by atoms with van der Waals surface area (Å²) in [6.07, 6.45) is 2.49. The van der Waals surface area contributed by atoms with Crippen LogP contribution in [0.2, 0.25) is 0 Å². The van der Waals surface area contributed by atoms with Crippen LogP contribution < -0.4 is 10.6 Å². The van der Waals surface area contributed by atoms with Crippen molar-refractivity contribution < 1.29 is 14.4 Å². The van der Waals surface area contributed by atoms with E-state index in [4.69, 9.17) is 0 Å². The van der Waals surface area contributed by atoms with Crippen molar-refractivity contribution in [3.63, 3.8) is 0 Å². The van der Waals surface area contributed by atoms with E-state index in [-0.39, 0.29) is 23.6 Å². The van der Waals surface area contributed by atoms with E-state index in [0.717, 1.165) is 24.8 Å². The molecular weight excluding hydrogens is 378 g/mol. The first kappa shape index (κ1) is 21.6. The maximum absolute atomic E-state index is 13.0. The predicted octanol–water partition coefficient (Wildman–Crippen LogP) is 3.63. The molecule has 2 aromatic carbocycles. The van der Waals surface area contributed by atoms with Crippen LogP contribution in [0.1, 0.15) is 52.5 Å². The number of nitrogens with zero attached hydrogens (tertiary/aromatic N) is 1. The van der Waals surface area contributed by atoms with Gasteiger partial charge in [-0.1, -0.05) is 31.2 Å². The molecule has 1 aliphatic heterocycles. The Hall–Kier alpha value is -3.15. The molecule has 1 saturated heterocycles. The minimum absolute atomic E-state index is 0.0218. The van der Waals surface area contributed by atoms with Crippen LogP contribution >= 0.6 is 0 Å². The van der Waals surface area contributed by atoms with Crippen molar-refractivity contribution >= 4 is 23.4 Å². The Kier molecular flexibility index (Phi) is 7.22. The third kappa shape index (κ3) is 5.26. The second-order valence-corrected chi connectivity index (χ2v) is 7.73. The van der Waals surface area contributed by atoms with Crippen molar-refractivity contribution in [1.29, 1.82) is 0 Å². The first-order valence-electron chi connectivity index (χ1n) is 10.5. The van der Waals surface area contributed by atoms with Crippen LogP contribution in [0.25, 0.3) is 0 Å². The topological polar surface area (TPSA) is 78.5 Å². The largest absolute Gasteiger partial charge is 0.356 e. The molecule has 0 saturated carbocycles. The predicted molar refractivity (Wildman–Crippen MR) is 118 cm³/mol. The third-order valence-electron chi connectivity index (χ3n) is 5.39. The van der Waals surface area contributed by atoms with Crippen LogP contribution in [0.3, 0.4) is 0 Å². The van der Waals surface area contributed by atoms with Crippen LogP contribution in [0.5, 0.6) is 0 Å². The number of carbonyl (C=O) groups excluding carboxylic acids is 3. The van der Waals surface area contributed by atoms with Crippen molar-refractivity contribution in [2.45, 2.75) is 33.1 Å². The summed E-state index contributed by atoms with van der Waals surface area (Å²) < 4.78 is 0. The van der Waals surface area contributed by atoms with Crippen molar-refractivity contribution in [3.05, 3.63) is 65.2 Å². The fourth-order valence-electron chi connectivity index (χ4n) is 3.71. The lowest BCUT2D eigenvalue weighted by molar-refractivity contribution is -0.126. The van der Waals surface area contributed by atoms with Crippen LogP contribution in [-0.4, -0.2) is 42.3 Å². The van der Waals surface area contributed by atoms with E-state index in [2.05, 4.69) is 10.6 Å². The number of hydrogen-bond acceptors (Lipinski definition) is 3. The van der Waals surface area contributed by atoms with E-state index in [9.17, 15) is 14.4 Å². The number of rotatable bonds is 6. The van der Waals surface area contributed by atoms with E-state index in [1.807, 2.05) is 32.0 Å². The van der Waals surface area contributed by atoms with Crippen LogP contribution in [-0.2, 0) is 4.79 Å². The summed E-state index contributed by atoms with van der Waals surface area (Å²) in [5.41, 5.74) is 2.57. The average Bonchev–Trinajstić information content (AvgIpc) is 2.77. The number of benzene rings is 2. The number of hydrogen-bond donors (Lipinski definition) is 2. The molecule has 1 aliphatic rings. The number of amides is 3. The van der Waals surface area contributed by atoms with E-state index in [1.54, 1.807) is 35.2 Å². The van der Waals surface area contributed by atoms with E-state index in [1.165, 1.54) is 0 Å². The van der Waals surface area contributed by atoms with Gasteiger partial charge in [-0.3, -0.25) is 14.4 Å². The van der Waals surface area contributed by atoms with E-state index in [0.29, 0.717) is 36.4 Å². The Labute approximate surface area is 177 Å². The summed E-state index contributed by atoms with van der Waals surface area (Å²) in [7, 11) is 0. The first-order chi connectivity index (χ1) is 14.5. The lowest BCUT2D eigenvalue weighted by Gasteiger charge is -2.32. The Morgan fingerprint density at radius 2 is 1.90 bits per heavy atom. The van der Waals surface area contributed by atoms with E-state index < -0.39 is 0 Å². The minimum atomic E-state index is -0.205. The summed E-state index contributed by atoms with van der Waals surface area (Å²) in [6, 6.07) is 14.3. The SMILES string of the molecule is CCCNC(=O)C1CCCN(C(=O)c2cccc(NC(=O)c3ccccc3C)c2)C1. The second-order valence-electron chi connectivity index (χ2n) is 7.73. The van der Waals surface area contributed by atoms with Gasteiger partial charge in [-0.15, -0.1) is 0 Å². The second kappa shape index (κ2) is 10.1. The fraction of sp³-hybridized carbons (Fsp3) is 0.375. The average molecular weight is 408 g/mol. The third-order valence-corrected chi connectivity index (χ3v) is 5.39. The van der Waals surface area contributed by atoms with Gasteiger partial charge in [-0.2, -0.15) is 0 Å². The molecular formula is C24H29N3O3. The number of nitrogens with one attached hydrogen (secondary N) is 2. The molecule has 1 fully saturated rings. The summed E-state index contributed by atoms with van der Waals surface area (Å²) >= 11 is 0. The Morgan fingerprint density at radius 1 is 1.10 bits per heavy atom. The molecule has 30 heavy (non-hydrogen) atoms. The Balaban J connectivity index is 1.67. The summed E-state index contributed by atoms with van der Waals surface area (Å²) in [5, 5.41) is 5.80. The van der Waals surface area contributed by atoms with Crippen LogP contribution in [0, 0.1) is 12.8 Å². The highest BCUT2D eigenvalue weighted by Gasteiger charge is 2.28. The molecule has 6 heteroatoms. The monoisotopic (exact) mass is 407 g/mol. The molecule has 0 aromatic heterocycles. The zero-order valence-corrected chi connectivity index (χ0v) is 17.6. The molecule has 6 nitrogen and oxygen atoms in total. The summed E-state index contributed by atoms with van der Waals surface area (Å²) in [4.78, 5) is 39.6. The molecule has 0 spiro atoms. The molecule has 1 atom stereocenters. The smallest absolute Gasteiger partial charge is 0.255 e. The molecule has 158 valence electrons. The van der Waals surface area contributed by atoms with Gasteiger partial charge in [-0.05, 0) is 56.0 Å². The number of anilines is 1. The van der Waals surface area contributed by atoms with Crippen molar-refractivity contribution in [1.82, 2.24) is 10.2 Å². The quantitative estimate of drug-likeness (QED) is 0.768. The van der Waals surface area contributed by atoms with Gasteiger partial charge >= 0.3 is 0 Å². The van der Waals surface area contributed by atoms with Gasteiger partial charge in [0.2, 0.25) is 5.91 Å². The molecule has 3 rings (SSSR count). The Bertz CT molecular complexity index is 925. The minimum Gasteiger partial charge on any atom is -0.356 e. The standard InChI is InChI=1S/C24H29N3O3/c1-3-13-25-22(28)19-10-7-14-27(16-19)24(30)18-9-6-11-20(15-18)26-23(29)21-12-5-4-8-17(21)2/h4-6,8-9,11-12,15,19H,3,7,10,13-14,16H2,1-2H3,(H,25,28)(H,26,29). The number of likely N-dealkylation sites (tertiary alicyclic amines) is 1. The van der Waals surface area contributed by atoms with Gasteiger partial charge in [0, 0.05) is 36.4 Å². The Morgan fingerprint density at radius 3 is 2.67 bits per heavy atom. The zero-order valence-electron chi connectivity index (χ0n) is 17.6. The maximum Gasteiger partial charge on any atom is 0.255 e. The van der Waals surface area contributed by atoms with Gasteiger partial charge < -0.3 is 15.5 Å². The van der Waals surface area contributed by atoms with Crippen molar-refractivity contribution in [3.8, 4) is 0 Å². The first-order valence-corrected chi connectivity index (χ1v) is 10.5. The highest BCUT2D eigenvalue weighted by molar-refractivity contribution is 6.06. The molecule has 0 bridgehead atoms. The van der Waals surface area contributed by atoms with Crippen LogP contribution in [0.4, 0.5) is 5.69 Å². The van der Waals surface area contributed by atoms with Crippen molar-refractivity contribution in [2.24, 2.45) is 5.92 Å². The molecule has 2 N–H and O–H groups in total. The number of aryl methyl sites for hydroxylation is 1. The maximum atomic E-state index is 13.0. The summed E-state index contributed by atoms with van der Waals surface area (Å²) in [5.74, 6) is -0.468. The molecule has 0 aliphatic carbocycles. The fourth-order valence-corrected chi connectivity index (χ4v) is 3.71. The van der Waals surface area contributed by atoms with Gasteiger partial charge in [0.25, 0.3) is 11.8 Å². The number of carbonyl (C=O) groups is 3. The summed E-state index contributed by atoms with van der Waals surface area (Å²) in [6.45, 7) is 5.62. The van der Waals surface area contributed by atoms with Crippen molar-refractivity contribution in [2.75, 3.05) is 25.0 Å². The lowest BCUT2D eigenvalue weighted by atomic mass is 9.96. The molecule has 1 unspecified atom stereocenters. The molecule has 3 amide bonds. The highest BCUT2D eigenvalue weighted by Crippen LogP contribution is 2.21. The lowest BCUT2D eigenvalue weighted by Crippen LogP contribution is -2.45. The van der Waals surface area contributed by atoms with Crippen LogP contribution in [0.15, 0.2) is 48.5 Å². The highest BCUT2D eigenvalue weighted by atomic mass is 16.2. The van der Waals surface area contributed by atoms with Gasteiger partial charge in [0.15, 0.2) is 0 Å². The number of piperidine rings is 1. The molecule has 0 radical (unpaired) electrons. The normalized spacial score (nSPS) is 16.1. The van der Waals surface area contributed by atoms with Gasteiger partial charge in [0.05, 0.1) is 5.92 Å². The van der Waals surface area contributed by atoms with Gasteiger partial charge in [0.1, 0.15) is 0 Å². The van der Waals surface area contributed by atoms with Gasteiger partial charge in [-0.25, -0.2) is 0 Å².